The number of hydrogen-bond acceptors (Lipinski definition) is 4. The molecule has 0 aromatic heterocycles. The molecule has 16 heavy (non-hydrogen) atoms. The van der Waals surface area contributed by atoms with Gasteiger partial charge in [-0.2, -0.15) is 0 Å². The fourth-order valence-corrected chi connectivity index (χ4v) is 1.98. The predicted octanol–water partition coefficient (Wildman–Crippen LogP) is 3.68. The number of nitrogen functional groups attached to an aromatic ring is 1. The number of anilines is 2. The van der Waals surface area contributed by atoms with Gasteiger partial charge < -0.3 is 10.5 Å². The first-order valence-electron chi connectivity index (χ1n) is 4.81. The Kier molecular flexibility index (Phi) is 3.64. The monoisotopic (exact) mass is 248 g/mol. The summed E-state index contributed by atoms with van der Waals surface area (Å²) in [6.45, 7) is 0. The maximum Gasteiger partial charge on any atom is 0.0443 e. The van der Waals surface area contributed by atoms with E-state index in [0.717, 1.165) is 21.2 Å². The Balaban J connectivity index is 1.97. The van der Waals surface area contributed by atoms with E-state index in [1.807, 2.05) is 48.5 Å². The van der Waals surface area contributed by atoms with Gasteiger partial charge in [0.1, 0.15) is 0 Å². The Morgan fingerprint density at radius 2 is 1.56 bits per heavy atom. The summed E-state index contributed by atoms with van der Waals surface area (Å²) in [5.74, 6) is 0. The zero-order valence-electron chi connectivity index (χ0n) is 8.55. The molecule has 2 nitrogen and oxygen atoms in total. The predicted molar refractivity (Wildman–Crippen MR) is 74.0 cm³/mol. The number of hydrogen-bond donors (Lipinski definition) is 3. The first-order valence-corrected chi connectivity index (χ1v) is 6.08. The SMILES string of the molecule is Nc1ccc(SNc2ccc(S)cc2)cc1. The van der Waals surface area contributed by atoms with Gasteiger partial charge in [0.15, 0.2) is 0 Å². The van der Waals surface area contributed by atoms with Gasteiger partial charge in [-0.1, -0.05) is 0 Å². The molecule has 82 valence electrons. The molecule has 0 amide bonds. The van der Waals surface area contributed by atoms with Crippen molar-refractivity contribution in [3.8, 4) is 0 Å². The summed E-state index contributed by atoms with van der Waals surface area (Å²) in [7, 11) is 0. The highest BCUT2D eigenvalue weighted by atomic mass is 32.2. The molecule has 0 heterocycles. The second-order valence-corrected chi connectivity index (χ2v) is 4.72. The summed E-state index contributed by atoms with van der Waals surface area (Å²) in [5, 5.41) is 0. The van der Waals surface area contributed by atoms with Crippen LogP contribution < -0.4 is 10.5 Å². The Morgan fingerprint density at radius 3 is 2.19 bits per heavy atom. The highest BCUT2D eigenvalue weighted by Crippen LogP contribution is 2.22. The third-order valence-corrected chi connectivity index (χ3v) is 3.18. The molecule has 0 fully saturated rings. The lowest BCUT2D eigenvalue weighted by Crippen LogP contribution is -1.87. The average molecular weight is 248 g/mol. The van der Waals surface area contributed by atoms with Crippen LogP contribution in [0.25, 0.3) is 0 Å². The van der Waals surface area contributed by atoms with Gasteiger partial charge >= 0.3 is 0 Å². The smallest absolute Gasteiger partial charge is 0.0443 e. The first-order chi connectivity index (χ1) is 7.74. The van der Waals surface area contributed by atoms with Crippen molar-refractivity contribution < 1.29 is 0 Å². The van der Waals surface area contributed by atoms with E-state index in [1.54, 1.807) is 11.9 Å². The van der Waals surface area contributed by atoms with E-state index in [2.05, 4.69) is 17.4 Å². The fourth-order valence-electron chi connectivity index (χ4n) is 1.18. The van der Waals surface area contributed by atoms with Gasteiger partial charge in [-0.05, 0) is 60.5 Å². The van der Waals surface area contributed by atoms with Crippen molar-refractivity contribution in [2.75, 3.05) is 10.5 Å². The molecule has 2 aromatic carbocycles. The van der Waals surface area contributed by atoms with Crippen LogP contribution in [-0.4, -0.2) is 0 Å². The molecule has 2 aromatic rings. The lowest BCUT2D eigenvalue weighted by atomic mass is 10.3. The topological polar surface area (TPSA) is 38.0 Å². The lowest BCUT2D eigenvalue weighted by Gasteiger charge is -2.05. The highest BCUT2D eigenvalue weighted by Gasteiger charge is 1.95. The van der Waals surface area contributed by atoms with Crippen molar-refractivity contribution in [2.24, 2.45) is 0 Å². The summed E-state index contributed by atoms with van der Waals surface area (Å²) in [6, 6.07) is 15.6. The average Bonchev–Trinajstić information content (AvgIpc) is 2.30. The minimum Gasteiger partial charge on any atom is -0.399 e. The van der Waals surface area contributed by atoms with Gasteiger partial charge in [0.25, 0.3) is 0 Å². The number of thiol groups is 1. The molecule has 0 atom stereocenters. The Hall–Kier alpha value is -1.26. The molecule has 0 saturated heterocycles. The van der Waals surface area contributed by atoms with Gasteiger partial charge in [-0.3, -0.25) is 0 Å². The van der Waals surface area contributed by atoms with Crippen molar-refractivity contribution >= 4 is 36.0 Å². The maximum absolute atomic E-state index is 5.61. The first kappa shape index (κ1) is 11.2. The van der Waals surface area contributed by atoms with Gasteiger partial charge in [-0.25, -0.2) is 0 Å². The van der Waals surface area contributed by atoms with E-state index < -0.39 is 0 Å². The van der Waals surface area contributed by atoms with E-state index in [1.165, 1.54) is 0 Å². The van der Waals surface area contributed by atoms with Crippen molar-refractivity contribution in [3.05, 3.63) is 48.5 Å². The van der Waals surface area contributed by atoms with Crippen LogP contribution in [0.2, 0.25) is 0 Å². The highest BCUT2D eigenvalue weighted by molar-refractivity contribution is 8.00. The molecule has 0 bridgehead atoms. The maximum atomic E-state index is 5.61. The Morgan fingerprint density at radius 1 is 0.938 bits per heavy atom. The van der Waals surface area contributed by atoms with E-state index >= 15 is 0 Å². The van der Waals surface area contributed by atoms with Crippen molar-refractivity contribution in [2.45, 2.75) is 9.79 Å². The molecule has 0 radical (unpaired) electrons. The standard InChI is InChI=1S/C12H12N2S2/c13-9-1-7-12(8-2-9)16-14-10-3-5-11(15)6-4-10/h1-8,14-15H,13H2. The second-order valence-electron chi connectivity index (χ2n) is 3.32. The lowest BCUT2D eigenvalue weighted by molar-refractivity contribution is 1.45. The minimum atomic E-state index is 0.781. The number of rotatable bonds is 3. The summed E-state index contributed by atoms with van der Waals surface area (Å²) < 4.78 is 3.25. The van der Waals surface area contributed by atoms with Crippen LogP contribution in [0.15, 0.2) is 58.3 Å². The van der Waals surface area contributed by atoms with Crippen LogP contribution in [0.5, 0.6) is 0 Å². The normalized spacial score (nSPS) is 10.1. The van der Waals surface area contributed by atoms with Gasteiger partial charge in [0.2, 0.25) is 0 Å². The molecule has 0 aliphatic heterocycles. The van der Waals surface area contributed by atoms with Crippen molar-refractivity contribution in [3.63, 3.8) is 0 Å². The van der Waals surface area contributed by atoms with Gasteiger partial charge in [-0.15, -0.1) is 12.6 Å². The van der Waals surface area contributed by atoms with Gasteiger partial charge in [0.05, 0.1) is 0 Å². The Labute approximate surface area is 105 Å². The molecule has 3 N–H and O–H groups in total. The van der Waals surface area contributed by atoms with Gasteiger partial charge in [0, 0.05) is 21.2 Å². The summed E-state index contributed by atoms with van der Waals surface area (Å²) in [5.41, 5.74) is 7.45. The third kappa shape index (κ3) is 3.12. The largest absolute Gasteiger partial charge is 0.399 e. The summed E-state index contributed by atoms with van der Waals surface area (Å²) in [4.78, 5) is 2.09. The van der Waals surface area contributed by atoms with Crippen LogP contribution in [0.4, 0.5) is 11.4 Å². The quantitative estimate of drug-likeness (QED) is 0.441. The molecule has 0 unspecified atom stereocenters. The van der Waals surface area contributed by atoms with E-state index in [-0.39, 0.29) is 0 Å². The molecular weight excluding hydrogens is 236 g/mol. The third-order valence-electron chi connectivity index (χ3n) is 2.03. The van der Waals surface area contributed by atoms with Crippen LogP contribution in [0.3, 0.4) is 0 Å². The van der Waals surface area contributed by atoms with Crippen molar-refractivity contribution in [1.29, 1.82) is 0 Å². The molecule has 0 aliphatic rings. The van der Waals surface area contributed by atoms with E-state index in [4.69, 9.17) is 5.73 Å². The number of nitrogens with two attached hydrogens (primary N) is 1. The fraction of sp³-hybridized carbons (Fsp3) is 0. The van der Waals surface area contributed by atoms with Crippen LogP contribution in [0.1, 0.15) is 0 Å². The summed E-state index contributed by atoms with van der Waals surface area (Å²) in [6.07, 6.45) is 0. The minimum absolute atomic E-state index is 0.781. The number of benzene rings is 2. The second kappa shape index (κ2) is 5.18. The van der Waals surface area contributed by atoms with E-state index in [9.17, 15) is 0 Å². The van der Waals surface area contributed by atoms with E-state index in [0.29, 0.717) is 0 Å². The molecule has 0 saturated carbocycles. The van der Waals surface area contributed by atoms with Crippen LogP contribution in [-0.2, 0) is 0 Å². The molecule has 2 rings (SSSR count). The zero-order chi connectivity index (χ0) is 11.4. The molecule has 0 spiro atoms. The zero-order valence-corrected chi connectivity index (χ0v) is 10.3. The molecule has 4 heteroatoms. The molecule has 0 aliphatic carbocycles. The summed E-state index contributed by atoms with van der Waals surface area (Å²) >= 11 is 5.79. The van der Waals surface area contributed by atoms with Crippen LogP contribution in [0, 0.1) is 0 Å². The Bertz CT molecular complexity index is 406. The number of nitrogens with one attached hydrogen (secondary N) is 1. The van der Waals surface area contributed by atoms with Crippen molar-refractivity contribution in [1.82, 2.24) is 0 Å². The van der Waals surface area contributed by atoms with Crippen LogP contribution >= 0.6 is 24.6 Å². The molecular formula is C12H12N2S2.